The molecule has 0 aliphatic carbocycles. The highest BCUT2D eigenvalue weighted by Gasteiger charge is 2.11. The Labute approximate surface area is 141 Å². The van der Waals surface area contributed by atoms with Crippen LogP contribution in [0.4, 0.5) is 4.39 Å². The smallest absolute Gasteiger partial charge is 0.332 e. The normalized spacial score (nSPS) is 11.0. The van der Waals surface area contributed by atoms with E-state index in [2.05, 4.69) is 15.0 Å². The third-order valence-electron chi connectivity index (χ3n) is 3.72. The highest BCUT2D eigenvalue weighted by Crippen LogP contribution is 2.24. The van der Waals surface area contributed by atoms with Crippen LogP contribution in [0.1, 0.15) is 5.56 Å². The molecule has 0 atom stereocenters. The number of H-pyrrole nitrogens is 1. The number of aryl methyl sites for hydroxylation is 1. The molecule has 1 N–H and O–H groups in total. The monoisotopic (exact) mass is 336 g/mol. The zero-order chi connectivity index (χ0) is 17.4. The fourth-order valence-corrected chi connectivity index (χ4v) is 2.55. The van der Waals surface area contributed by atoms with Crippen LogP contribution in [0.3, 0.4) is 0 Å². The van der Waals surface area contributed by atoms with E-state index in [1.165, 1.54) is 16.8 Å². The minimum atomic E-state index is -0.456. The Kier molecular flexibility index (Phi) is 3.53. The van der Waals surface area contributed by atoms with Crippen LogP contribution in [-0.2, 0) is 0 Å². The molecule has 0 aliphatic rings. The van der Waals surface area contributed by atoms with E-state index < -0.39 is 5.82 Å². The Bertz CT molecular complexity index is 1120. The van der Waals surface area contributed by atoms with Crippen LogP contribution in [0.25, 0.3) is 16.9 Å². The van der Waals surface area contributed by atoms with Crippen molar-refractivity contribution in [1.29, 1.82) is 0 Å². The molecular formula is C18H13FN4O2. The number of pyridine rings is 2. The average molecular weight is 336 g/mol. The van der Waals surface area contributed by atoms with E-state index >= 15 is 0 Å². The van der Waals surface area contributed by atoms with Crippen molar-refractivity contribution in [2.75, 3.05) is 0 Å². The Morgan fingerprint density at radius 2 is 2.04 bits per heavy atom. The van der Waals surface area contributed by atoms with Gasteiger partial charge in [0.25, 0.3) is 0 Å². The first kappa shape index (κ1) is 15.1. The molecule has 0 unspecified atom stereocenters. The SMILES string of the molecule is Cc1ccc(Oc2ccc(-n3c(=O)[nH]c4cccnc43)cn2)c(F)c1. The molecule has 0 saturated carbocycles. The van der Waals surface area contributed by atoms with Crippen molar-refractivity contribution in [1.82, 2.24) is 19.5 Å². The van der Waals surface area contributed by atoms with Crippen molar-refractivity contribution >= 4 is 11.2 Å². The van der Waals surface area contributed by atoms with Gasteiger partial charge in [-0.05, 0) is 42.8 Å². The summed E-state index contributed by atoms with van der Waals surface area (Å²) in [5.41, 5.74) is 2.17. The molecule has 0 saturated heterocycles. The van der Waals surface area contributed by atoms with E-state index in [9.17, 15) is 9.18 Å². The second-order valence-electron chi connectivity index (χ2n) is 5.53. The largest absolute Gasteiger partial charge is 0.436 e. The molecule has 0 spiro atoms. The van der Waals surface area contributed by atoms with Gasteiger partial charge in [0, 0.05) is 12.3 Å². The van der Waals surface area contributed by atoms with Gasteiger partial charge in [-0.2, -0.15) is 0 Å². The minimum absolute atomic E-state index is 0.0942. The molecule has 25 heavy (non-hydrogen) atoms. The zero-order valence-corrected chi connectivity index (χ0v) is 13.2. The highest BCUT2D eigenvalue weighted by molar-refractivity contribution is 5.72. The summed E-state index contributed by atoms with van der Waals surface area (Å²) in [5.74, 6) is -0.132. The molecule has 0 bridgehead atoms. The maximum absolute atomic E-state index is 13.9. The quantitative estimate of drug-likeness (QED) is 0.623. The third kappa shape index (κ3) is 2.76. The number of fused-ring (bicyclic) bond motifs is 1. The Morgan fingerprint density at radius 1 is 1.16 bits per heavy atom. The van der Waals surface area contributed by atoms with Gasteiger partial charge in [-0.15, -0.1) is 0 Å². The van der Waals surface area contributed by atoms with E-state index in [1.54, 1.807) is 49.5 Å². The van der Waals surface area contributed by atoms with Crippen molar-refractivity contribution in [3.05, 3.63) is 76.7 Å². The summed E-state index contributed by atoms with van der Waals surface area (Å²) in [7, 11) is 0. The molecule has 0 radical (unpaired) electrons. The summed E-state index contributed by atoms with van der Waals surface area (Å²) < 4.78 is 20.7. The number of aromatic nitrogens is 4. The summed E-state index contributed by atoms with van der Waals surface area (Å²) in [5, 5.41) is 0. The molecule has 4 aromatic rings. The van der Waals surface area contributed by atoms with Gasteiger partial charge in [0.1, 0.15) is 0 Å². The Balaban J connectivity index is 1.68. The first-order valence-electron chi connectivity index (χ1n) is 7.58. The molecule has 6 nitrogen and oxygen atoms in total. The molecule has 7 heteroatoms. The lowest BCUT2D eigenvalue weighted by Gasteiger charge is -2.07. The molecule has 4 rings (SSSR count). The van der Waals surface area contributed by atoms with E-state index in [1.807, 2.05) is 0 Å². The number of aromatic amines is 1. The van der Waals surface area contributed by atoms with Crippen molar-refractivity contribution < 1.29 is 9.13 Å². The van der Waals surface area contributed by atoms with Gasteiger partial charge >= 0.3 is 5.69 Å². The summed E-state index contributed by atoms with van der Waals surface area (Å²) in [6.07, 6.45) is 3.09. The Hall–Kier alpha value is -3.48. The number of halogens is 1. The number of ether oxygens (including phenoxy) is 1. The second-order valence-corrected chi connectivity index (χ2v) is 5.53. The molecular weight excluding hydrogens is 323 g/mol. The van der Waals surface area contributed by atoms with Gasteiger partial charge in [-0.25, -0.2) is 23.7 Å². The third-order valence-corrected chi connectivity index (χ3v) is 3.72. The van der Waals surface area contributed by atoms with E-state index in [-0.39, 0.29) is 17.3 Å². The van der Waals surface area contributed by atoms with Crippen molar-refractivity contribution in [2.24, 2.45) is 0 Å². The lowest BCUT2D eigenvalue weighted by molar-refractivity contribution is 0.427. The minimum Gasteiger partial charge on any atom is -0.436 e. The van der Waals surface area contributed by atoms with Crippen LogP contribution in [0.2, 0.25) is 0 Å². The summed E-state index contributed by atoms with van der Waals surface area (Å²) in [4.78, 5) is 23.2. The fourth-order valence-electron chi connectivity index (χ4n) is 2.55. The number of rotatable bonds is 3. The van der Waals surface area contributed by atoms with E-state index in [4.69, 9.17) is 4.74 Å². The molecule has 0 aliphatic heterocycles. The number of nitrogens with one attached hydrogen (secondary N) is 1. The number of nitrogens with zero attached hydrogens (tertiary/aromatic N) is 3. The summed E-state index contributed by atoms with van der Waals surface area (Å²) in [6.45, 7) is 1.80. The number of benzene rings is 1. The summed E-state index contributed by atoms with van der Waals surface area (Å²) >= 11 is 0. The summed E-state index contributed by atoms with van der Waals surface area (Å²) in [6, 6.07) is 11.4. The lowest BCUT2D eigenvalue weighted by atomic mass is 10.2. The molecule has 3 aromatic heterocycles. The van der Waals surface area contributed by atoms with Crippen LogP contribution in [0.15, 0.2) is 59.7 Å². The topological polar surface area (TPSA) is 72.8 Å². The van der Waals surface area contributed by atoms with Crippen LogP contribution >= 0.6 is 0 Å². The van der Waals surface area contributed by atoms with Gasteiger partial charge in [-0.1, -0.05) is 6.07 Å². The molecule has 3 heterocycles. The van der Waals surface area contributed by atoms with Crippen LogP contribution in [0.5, 0.6) is 11.6 Å². The van der Waals surface area contributed by atoms with Crippen molar-refractivity contribution in [3.63, 3.8) is 0 Å². The predicted octanol–water partition coefficient (Wildman–Crippen LogP) is 3.35. The van der Waals surface area contributed by atoms with Crippen LogP contribution in [0, 0.1) is 12.7 Å². The van der Waals surface area contributed by atoms with Gasteiger partial charge in [0.2, 0.25) is 5.88 Å². The first-order chi connectivity index (χ1) is 12.1. The van der Waals surface area contributed by atoms with Gasteiger partial charge in [0.05, 0.1) is 17.4 Å². The number of imidazole rings is 1. The van der Waals surface area contributed by atoms with E-state index in [0.29, 0.717) is 16.9 Å². The zero-order valence-electron chi connectivity index (χ0n) is 13.2. The van der Waals surface area contributed by atoms with Crippen molar-refractivity contribution in [2.45, 2.75) is 6.92 Å². The van der Waals surface area contributed by atoms with Gasteiger partial charge < -0.3 is 9.72 Å². The molecule has 0 fully saturated rings. The van der Waals surface area contributed by atoms with Gasteiger partial charge in [-0.3, -0.25) is 0 Å². The fraction of sp³-hybridized carbons (Fsp3) is 0.0556. The molecule has 124 valence electrons. The molecule has 0 amide bonds. The maximum atomic E-state index is 13.9. The number of hydrogen-bond donors (Lipinski definition) is 1. The number of hydrogen-bond acceptors (Lipinski definition) is 4. The second kappa shape index (κ2) is 5.86. The molecule has 1 aromatic carbocycles. The predicted molar refractivity (Wildman–Crippen MR) is 90.7 cm³/mol. The average Bonchev–Trinajstić information content (AvgIpc) is 2.94. The Morgan fingerprint density at radius 3 is 2.80 bits per heavy atom. The highest BCUT2D eigenvalue weighted by atomic mass is 19.1. The van der Waals surface area contributed by atoms with Crippen LogP contribution < -0.4 is 10.4 Å². The lowest BCUT2D eigenvalue weighted by Crippen LogP contribution is -2.15. The van der Waals surface area contributed by atoms with E-state index in [0.717, 1.165) is 5.56 Å². The van der Waals surface area contributed by atoms with Gasteiger partial charge in [0.15, 0.2) is 17.2 Å². The van der Waals surface area contributed by atoms with Crippen molar-refractivity contribution in [3.8, 4) is 17.3 Å². The maximum Gasteiger partial charge on any atom is 0.332 e. The first-order valence-corrected chi connectivity index (χ1v) is 7.58. The van der Waals surface area contributed by atoms with Crippen LogP contribution in [-0.4, -0.2) is 19.5 Å². The standard InChI is InChI=1S/C18H13FN4O2/c1-11-4-6-15(13(19)9-11)25-16-7-5-12(10-21-16)23-17-14(22-18(23)24)3-2-8-20-17/h2-10H,1H3,(H,22,24).